The van der Waals surface area contributed by atoms with Crippen molar-refractivity contribution >= 4 is 5.97 Å². The van der Waals surface area contributed by atoms with Gasteiger partial charge in [-0.15, -0.1) is 0 Å². The number of hydrogen-bond donors (Lipinski definition) is 3. The van der Waals surface area contributed by atoms with E-state index in [1.54, 1.807) is 13.0 Å². The van der Waals surface area contributed by atoms with Gasteiger partial charge in [0.25, 0.3) is 0 Å². The van der Waals surface area contributed by atoms with Gasteiger partial charge in [0.1, 0.15) is 11.4 Å². The first-order valence-corrected chi connectivity index (χ1v) is 7.61. The molecule has 4 atom stereocenters. The first-order valence-electron chi connectivity index (χ1n) is 7.61. The third kappa shape index (κ3) is 2.53. The number of rotatable bonds is 2. The van der Waals surface area contributed by atoms with Gasteiger partial charge in [-0.2, -0.15) is 0 Å². The molecular weight excluding hydrogens is 304 g/mol. The monoisotopic (exact) mass is 326 g/mol. The Morgan fingerprint density at radius 2 is 2.04 bits per heavy atom. The Kier molecular flexibility index (Phi) is 3.70. The number of methoxy groups -OCH3 is 1. The lowest BCUT2D eigenvalue weighted by Crippen LogP contribution is -2.54. The largest absolute Gasteiger partial charge is 0.423 e. The summed E-state index contributed by atoms with van der Waals surface area (Å²) in [6, 6.07) is 0. The van der Waals surface area contributed by atoms with E-state index in [1.165, 1.54) is 14.0 Å². The Balaban J connectivity index is 2.14. The Labute approximate surface area is 134 Å². The van der Waals surface area contributed by atoms with Crippen LogP contribution in [0.4, 0.5) is 0 Å². The smallest absolute Gasteiger partial charge is 0.342 e. The van der Waals surface area contributed by atoms with E-state index >= 15 is 0 Å². The highest BCUT2D eigenvalue weighted by molar-refractivity contribution is 5.95. The minimum atomic E-state index is -1.77. The van der Waals surface area contributed by atoms with Crippen molar-refractivity contribution in [1.29, 1.82) is 0 Å². The summed E-state index contributed by atoms with van der Waals surface area (Å²) in [5.74, 6) is -2.15. The molecule has 0 spiro atoms. The molecule has 0 aliphatic carbocycles. The zero-order valence-corrected chi connectivity index (χ0v) is 13.5. The molecule has 0 aromatic heterocycles. The van der Waals surface area contributed by atoms with Crippen molar-refractivity contribution < 1.29 is 34.3 Å². The molecule has 0 aromatic rings. The van der Waals surface area contributed by atoms with Crippen molar-refractivity contribution in [2.75, 3.05) is 13.7 Å². The molecule has 0 saturated carbocycles. The van der Waals surface area contributed by atoms with Gasteiger partial charge in [0, 0.05) is 25.5 Å². The van der Waals surface area contributed by atoms with Crippen LogP contribution in [-0.2, 0) is 19.0 Å². The van der Waals surface area contributed by atoms with Crippen LogP contribution in [0.5, 0.6) is 0 Å². The second kappa shape index (κ2) is 5.12. The molecule has 23 heavy (non-hydrogen) atoms. The summed E-state index contributed by atoms with van der Waals surface area (Å²) in [5, 5.41) is 32.0. The second-order valence-corrected chi connectivity index (χ2v) is 6.92. The van der Waals surface area contributed by atoms with Crippen LogP contribution in [0.1, 0.15) is 33.1 Å². The molecule has 0 amide bonds. The average Bonchev–Trinajstić information content (AvgIpc) is 2.89. The van der Waals surface area contributed by atoms with E-state index in [4.69, 9.17) is 14.2 Å². The molecule has 0 aromatic carbocycles. The SMILES string of the molecule is COCC1=C2/C(=C\[C@@]3(C)CC[C@](O)(O3)[C@@](C)(O)C[C@@H]2O)OC1=O. The number of carbonyl (C=O) groups excluding carboxylic acids is 1. The van der Waals surface area contributed by atoms with Gasteiger partial charge < -0.3 is 29.5 Å². The number of hydrogen-bond acceptors (Lipinski definition) is 7. The first kappa shape index (κ1) is 16.6. The van der Waals surface area contributed by atoms with E-state index in [-0.39, 0.29) is 36.4 Å². The Morgan fingerprint density at radius 1 is 1.35 bits per heavy atom. The number of aliphatic hydroxyl groups excluding tert-OH is 1. The maximum absolute atomic E-state index is 12.1. The Bertz CT molecular complexity index is 606. The van der Waals surface area contributed by atoms with Crippen LogP contribution in [0.15, 0.2) is 23.0 Å². The fourth-order valence-corrected chi connectivity index (χ4v) is 3.53. The maximum Gasteiger partial charge on any atom is 0.342 e. The molecular formula is C16H22O7. The van der Waals surface area contributed by atoms with Gasteiger partial charge in [-0.3, -0.25) is 0 Å². The topological polar surface area (TPSA) is 105 Å². The molecule has 7 nitrogen and oxygen atoms in total. The molecule has 2 bridgehead atoms. The number of esters is 1. The predicted molar refractivity (Wildman–Crippen MR) is 78.0 cm³/mol. The highest BCUT2D eigenvalue weighted by atomic mass is 16.7. The van der Waals surface area contributed by atoms with Crippen molar-refractivity contribution in [3.63, 3.8) is 0 Å². The molecule has 3 rings (SSSR count). The summed E-state index contributed by atoms with van der Waals surface area (Å²) < 4.78 is 16.0. The van der Waals surface area contributed by atoms with Gasteiger partial charge in [-0.05, 0) is 26.3 Å². The normalized spacial score (nSPS) is 45.7. The van der Waals surface area contributed by atoms with E-state index in [1.807, 2.05) is 0 Å². The zero-order chi connectivity index (χ0) is 17.0. The highest BCUT2D eigenvalue weighted by Gasteiger charge is 2.58. The lowest BCUT2D eigenvalue weighted by Gasteiger charge is -2.39. The molecule has 0 radical (unpaired) electrons. The summed E-state index contributed by atoms with van der Waals surface area (Å²) in [7, 11) is 1.44. The van der Waals surface area contributed by atoms with Crippen LogP contribution < -0.4 is 0 Å². The van der Waals surface area contributed by atoms with Crippen molar-refractivity contribution in [3.8, 4) is 0 Å². The molecule has 1 saturated heterocycles. The van der Waals surface area contributed by atoms with Gasteiger partial charge >= 0.3 is 5.97 Å². The van der Waals surface area contributed by atoms with E-state index in [2.05, 4.69) is 0 Å². The Hall–Kier alpha value is -1.25. The van der Waals surface area contributed by atoms with Gasteiger partial charge in [0.15, 0.2) is 5.79 Å². The summed E-state index contributed by atoms with van der Waals surface area (Å²) >= 11 is 0. The fraction of sp³-hybridized carbons (Fsp3) is 0.688. The van der Waals surface area contributed by atoms with Crippen molar-refractivity contribution in [2.45, 2.75) is 56.2 Å². The molecule has 0 unspecified atom stereocenters. The highest BCUT2D eigenvalue weighted by Crippen LogP contribution is 2.48. The summed E-state index contributed by atoms with van der Waals surface area (Å²) in [4.78, 5) is 12.1. The van der Waals surface area contributed by atoms with Crippen LogP contribution >= 0.6 is 0 Å². The third-order valence-corrected chi connectivity index (χ3v) is 4.89. The van der Waals surface area contributed by atoms with Crippen LogP contribution in [0.25, 0.3) is 0 Å². The summed E-state index contributed by atoms with van der Waals surface area (Å²) in [6.45, 7) is 3.15. The third-order valence-electron chi connectivity index (χ3n) is 4.89. The lowest BCUT2D eigenvalue weighted by molar-refractivity contribution is -0.297. The summed E-state index contributed by atoms with van der Waals surface area (Å²) in [5.41, 5.74) is -2.09. The van der Waals surface area contributed by atoms with Crippen molar-refractivity contribution in [3.05, 3.63) is 23.0 Å². The average molecular weight is 326 g/mol. The zero-order valence-electron chi connectivity index (χ0n) is 13.5. The molecule has 3 N–H and O–H groups in total. The van der Waals surface area contributed by atoms with Crippen molar-refractivity contribution in [2.24, 2.45) is 0 Å². The molecule has 3 aliphatic rings. The second-order valence-electron chi connectivity index (χ2n) is 6.92. The molecule has 1 fully saturated rings. The number of aliphatic hydroxyl groups is 3. The van der Waals surface area contributed by atoms with E-state index in [0.29, 0.717) is 6.42 Å². The van der Waals surface area contributed by atoms with E-state index < -0.39 is 29.1 Å². The molecule has 3 aliphatic heterocycles. The van der Waals surface area contributed by atoms with Crippen LogP contribution in [0, 0.1) is 0 Å². The summed E-state index contributed by atoms with van der Waals surface area (Å²) in [6.07, 6.45) is 0.861. The number of fused-ring (bicyclic) bond motifs is 3. The maximum atomic E-state index is 12.1. The standard InChI is InChI=1S/C16H22O7/c1-14-4-5-16(20,23-14)15(2,19)6-10(17)12-9(8-21-3)13(18)22-11(12)7-14/h7,10,17,19-20H,4-6,8H2,1-3H3/b11-7+/t10-,14+,15-,16-/m0/s1. The number of carbonyl (C=O) groups is 1. The van der Waals surface area contributed by atoms with Crippen LogP contribution in [-0.4, -0.2) is 58.1 Å². The van der Waals surface area contributed by atoms with Crippen LogP contribution in [0.3, 0.4) is 0 Å². The minimum absolute atomic E-state index is 0.00739. The van der Waals surface area contributed by atoms with E-state index in [9.17, 15) is 20.1 Å². The van der Waals surface area contributed by atoms with Crippen molar-refractivity contribution in [1.82, 2.24) is 0 Å². The van der Waals surface area contributed by atoms with Gasteiger partial charge in [-0.1, -0.05) is 0 Å². The molecule has 128 valence electrons. The molecule has 7 heteroatoms. The molecule has 3 heterocycles. The fourth-order valence-electron chi connectivity index (χ4n) is 3.53. The van der Waals surface area contributed by atoms with Crippen LogP contribution in [0.2, 0.25) is 0 Å². The lowest BCUT2D eigenvalue weighted by atomic mass is 9.82. The minimum Gasteiger partial charge on any atom is -0.423 e. The van der Waals surface area contributed by atoms with Gasteiger partial charge in [0.05, 0.1) is 23.9 Å². The Morgan fingerprint density at radius 3 is 2.70 bits per heavy atom. The predicted octanol–water partition coefficient (Wildman–Crippen LogP) is 0.143. The first-order chi connectivity index (χ1) is 10.6. The number of ether oxygens (including phenoxy) is 3. The van der Waals surface area contributed by atoms with Gasteiger partial charge in [-0.25, -0.2) is 4.79 Å². The quantitative estimate of drug-likeness (QED) is 0.620. The van der Waals surface area contributed by atoms with Gasteiger partial charge in [0.2, 0.25) is 0 Å². The van der Waals surface area contributed by atoms with E-state index in [0.717, 1.165) is 0 Å².